The van der Waals surface area contributed by atoms with Gasteiger partial charge in [-0.1, -0.05) is 28.1 Å². The van der Waals surface area contributed by atoms with E-state index in [1.165, 1.54) is 12.0 Å². The first-order valence-electron chi connectivity index (χ1n) is 5.47. The van der Waals surface area contributed by atoms with Gasteiger partial charge in [0, 0.05) is 10.5 Å². The molecule has 2 nitrogen and oxygen atoms in total. The number of nitrogens with two attached hydrogens (primary N) is 1. The predicted molar refractivity (Wildman–Crippen MR) is 66.8 cm³/mol. The zero-order valence-electron chi connectivity index (χ0n) is 8.75. The molecule has 0 saturated carbocycles. The third-order valence-corrected chi connectivity index (χ3v) is 3.63. The van der Waals surface area contributed by atoms with Crippen molar-refractivity contribution in [1.29, 1.82) is 0 Å². The topological polar surface area (TPSA) is 38.0 Å². The van der Waals surface area contributed by atoms with Gasteiger partial charge in [-0.3, -0.25) is 0 Å². The molecule has 0 amide bonds. The lowest BCUT2D eigenvalue weighted by atomic mass is 9.95. The van der Waals surface area contributed by atoms with Gasteiger partial charge >= 0.3 is 0 Å². The number of nitrogens with one attached hydrogen (secondary N) is 1. The van der Waals surface area contributed by atoms with Gasteiger partial charge in [-0.15, -0.1) is 0 Å². The smallest absolute Gasteiger partial charge is 0.0178 e. The van der Waals surface area contributed by atoms with Crippen LogP contribution < -0.4 is 11.1 Å². The molecule has 0 radical (unpaired) electrons. The predicted octanol–water partition coefficient (Wildman–Crippen LogP) is 1.93. The first-order valence-corrected chi connectivity index (χ1v) is 6.27. The second kappa shape index (κ2) is 5.10. The molecule has 0 aliphatic carbocycles. The van der Waals surface area contributed by atoms with E-state index in [9.17, 15) is 0 Å². The van der Waals surface area contributed by atoms with Gasteiger partial charge in [0.2, 0.25) is 0 Å². The molecule has 0 bridgehead atoms. The highest BCUT2D eigenvalue weighted by Gasteiger charge is 2.25. The van der Waals surface area contributed by atoms with Crippen LogP contribution in [-0.2, 0) is 6.42 Å². The highest BCUT2D eigenvalue weighted by Crippen LogP contribution is 2.20. The second-order valence-electron chi connectivity index (χ2n) is 4.18. The van der Waals surface area contributed by atoms with Crippen molar-refractivity contribution >= 4 is 15.9 Å². The average molecular weight is 269 g/mol. The molecule has 1 fully saturated rings. The Balaban J connectivity index is 2.02. The standard InChI is InChI=1S/C12H17BrN2/c13-11-3-1-2-9(6-11)7-12-10(8-14)4-5-15-12/h1-3,6,10,12,15H,4-5,7-8,14H2. The minimum absolute atomic E-state index is 0.560. The van der Waals surface area contributed by atoms with Gasteiger partial charge < -0.3 is 11.1 Å². The molecule has 0 aromatic heterocycles. The summed E-state index contributed by atoms with van der Waals surface area (Å²) in [5.41, 5.74) is 7.14. The SMILES string of the molecule is NCC1CCNC1Cc1cccc(Br)c1. The molecule has 3 N–H and O–H groups in total. The molecule has 1 aliphatic heterocycles. The molecule has 82 valence electrons. The molecule has 1 saturated heterocycles. The van der Waals surface area contributed by atoms with E-state index < -0.39 is 0 Å². The lowest BCUT2D eigenvalue weighted by Gasteiger charge is -2.17. The summed E-state index contributed by atoms with van der Waals surface area (Å²) in [7, 11) is 0. The summed E-state index contributed by atoms with van der Waals surface area (Å²) in [5.74, 6) is 0.643. The van der Waals surface area contributed by atoms with Crippen molar-refractivity contribution in [3.05, 3.63) is 34.3 Å². The Labute approximate surface area is 99.4 Å². The van der Waals surface area contributed by atoms with Crippen molar-refractivity contribution in [2.24, 2.45) is 11.7 Å². The summed E-state index contributed by atoms with van der Waals surface area (Å²) in [6.07, 6.45) is 2.30. The van der Waals surface area contributed by atoms with Crippen molar-refractivity contribution in [2.45, 2.75) is 18.9 Å². The fourth-order valence-corrected chi connectivity index (χ4v) is 2.71. The van der Waals surface area contributed by atoms with Crippen LogP contribution >= 0.6 is 15.9 Å². The van der Waals surface area contributed by atoms with E-state index in [4.69, 9.17) is 5.73 Å². The lowest BCUT2D eigenvalue weighted by molar-refractivity contribution is 0.454. The van der Waals surface area contributed by atoms with Crippen molar-refractivity contribution in [1.82, 2.24) is 5.32 Å². The third kappa shape index (κ3) is 2.80. The minimum Gasteiger partial charge on any atom is -0.330 e. The summed E-state index contributed by atoms with van der Waals surface area (Å²) in [6, 6.07) is 9.08. The van der Waals surface area contributed by atoms with Gasteiger partial charge in [-0.25, -0.2) is 0 Å². The summed E-state index contributed by atoms with van der Waals surface area (Å²) in [5, 5.41) is 3.53. The van der Waals surface area contributed by atoms with E-state index in [1.807, 2.05) is 0 Å². The number of hydrogen-bond acceptors (Lipinski definition) is 2. The summed E-state index contributed by atoms with van der Waals surface area (Å²) < 4.78 is 1.15. The van der Waals surface area contributed by atoms with Crippen molar-refractivity contribution in [2.75, 3.05) is 13.1 Å². The van der Waals surface area contributed by atoms with Gasteiger partial charge in [0.15, 0.2) is 0 Å². The fourth-order valence-electron chi connectivity index (χ4n) is 2.26. The van der Waals surface area contributed by atoms with Crippen LogP contribution in [0.3, 0.4) is 0 Å². The maximum Gasteiger partial charge on any atom is 0.0178 e. The molecule has 1 aliphatic rings. The summed E-state index contributed by atoms with van der Waals surface area (Å²) >= 11 is 3.50. The Hall–Kier alpha value is -0.380. The molecule has 15 heavy (non-hydrogen) atoms. The van der Waals surface area contributed by atoms with Crippen LogP contribution in [-0.4, -0.2) is 19.1 Å². The third-order valence-electron chi connectivity index (χ3n) is 3.14. The van der Waals surface area contributed by atoms with E-state index in [-0.39, 0.29) is 0 Å². The normalized spacial score (nSPS) is 25.7. The largest absolute Gasteiger partial charge is 0.330 e. The summed E-state index contributed by atoms with van der Waals surface area (Å²) in [4.78, 5) is 0. The molecule has 1 heterocycles. The number of halogens is 1. The number of benzene rings is 1. The van der Waals surface area contributed by atoms with E-state index in [0.717, 1.165) is 24.0 Å². The average Bonchev–Trinajstić information content (AvgIpc) is 2.65. The van der Waals surface area contributed by atoms with Gasteiger partial charge in [-0.05, 0) is 49.5 Å². The molecule has 2 unspecified atom stereocenters. The Kier molecular flexibility index (Phi) is 3.78. The van der Waals surface area contributed by atoms with Crippen molar-refractivity contribution < 1.29 is 0 Å². The van der Waals surface area contributed by atoms with Gasteiger partial charge in [0.05, 0.1) is 0 Å². The molecule has 1 aromatic rings. The highest BCUT2D eigenvalue weighted by atomic mass is 79.9. The number of rotatable bonds is 3. The molecule has 2 atom stereocenters. The Morgan fingerprint density at radius 2 is 2.33 bits per heavy atom. The quantitative estimate of drug-likeness (QED) is 0.880. The van der Waals surface area contributed by atoms with E-state index in [2.05, 4.69) is 45.5 Å². The Morgan fingerprint density at radius 1 is 1.47 bits per heavy atom. The zero-order chi connectivity index (χ0) is 10.7. The molecule has 2 rings (SSSR count). The zero-order valence-corrected chi connectivity index (χ0v) is 10.3. The van der Waals surface area contributed by atoms with Crippen LogP contribution in [0.25, 0.3) is 0 Å². The fraction of sp³-hybridized carbons (Fsp3) is 0.500. The highest BCUT2D eigenvalue weighted by molar-refractivity contribution is 9.10. The monoisotopic (exact) mass is 268 g/mol. The molecular formula is C12H17BrN2. The van der Waals surface area contributed by atoms with Gasteiger partial charge in [-0.2, -0.15) is 0 Å². The molecule has 1 aromatic carbocycles. The van der Waals surface area contributed by atoms with E-state index in [1.54, 1.807) is 0 Å². The van der Waals surface area contributed by atoms with Crippen LogP contribution in [0.1, 0.15) is 12.0 Å². The van der Waals surface area contributed by atoms with E-state index in [0.29, 0.717) is 12.0 Å². The van der Waals surface area contributed by atoms with Gasteiger partial charge in [0.1, 0.15) is 0 Å². The van der Waals surface area contributed by atoms with Gasteiger partial charge in [0.25, 0.3) is 0 Å². The maximum absolute atomic E-state index is 5.76. The van der Waals surface area contributed by atoms with Crippen LogP contribution in [0.15, 0.2) is 28.7 Å². The van der Waals surface area contributed by atoms with Crippen LogP contribution in [0.5, 0.6) is 0 Å². The molecular weight excluding hydrogens is 252 g/mol. The summed E-state index contributed by atoms with van der Waals surface area (Å²) in [6.45, 7) is 1.91. The molecule has 0 spiro atoms. The Morgan fingerprint density at radius 3 is 3.07 bits per heavy atom. The minimum atomic E-state index is 0.560. The lowest BCUT2D eigenvalue weighted by Crippen LogP contribution is -2.33. The van der Waals surface area contributed by atoms with Crippen molar-refractivity contribution in [3.8, 4) is 0 Å². The van der Waals surface area contributed by atoms with Crippen LogP contribution in [0, 0.1) is 5.92 Å². The maximum atomic E-state index is 5.76. The van der Waals surface area contributed by atoms with Crippen LogP contribution in [0.2, 0.25) is 0 Å². The van der Waals surface area contributed by atoms with Crippen LogP contribution in [0.4, 0.5) is 0 Å². The van der Waals surface area contributed by atoms with Crippen molar-refractivity contribution in [3.63, 3.8) is 0 Å². The second-order valence-corrected chi connectivity index (χ2v) is 5.09. The Bertz CT molecular complexity index is 327. The first-order chi connectivity index (χ1) is 7.29. The van der Waals surface area contributed by atoms with E-state index >= 15 is 0 Å². The number of hydrogen-bond donors (Lipinski definition) is 2. The first kappa shape index (κ1) is 11.1. The molecule has 3 heteroatoms.